The van der Waals surface area contributed by atoms with Gasteiger partial charge in [-0.2, -0.15) is 0 Å². The zero-order chi connectivity index (χ0) is 18.5. The largest absolute Gasteiger partial charge is 0.497 e. The van der Waals surface area contributed by atoms with Crippen molar-refractivity contribution in [3.05, 3.63) is 24.3 Å². The minimum atomic E-state index is -0.674. The highest BCUT2D eigenvalue weighted by Crippen LogP contribution is 2.16. The van der Waals surface area contributed by atoms with Gasteiger partial charge in [-0.25, -0.2) is 4.99 Å². The van der Waals surface area contributed by atoms with Crippen molar-refractivity contribution < 1.29 is 14.3 Å². The number of guanidine groups is 1. The van der Waals surface area contributed by atoms with Crippen LogP contribution in [-0.2, 0) is 9.59 Å². The van der Waals surface area contributed by atoms with Crippen LogP contribution in [0.25, 0.3) is 0 Å². The van der Waals surface area contributed by atoms with Crippen molar-refractivity contribution in [2.75, 3.05) is 45.2 Å². The number of hydrogen-bond donors (Lipinski definition) is 2. The molecule has 140 valence electrons. The summed E-state index contributed by atoms with van der Waals surface area (Å²) in [6.45, 7) is 6.74. The van der Waals surface area contributed by atoms with Crippen molar-refractivity contribution in [3.63, 3.8) is 0 Å². The molecule has 2 heterocycles. The summed E-state index contributed by atoms with van der Waals surface area (Å²) in [6, 6.07) is 6.38. The first-order valence-electron chi connectivity index (χ1n) is 8.89. The topological polar surface area (TPSA) is 86.3 Å². The van der Waals surface area contributed by atoms with Gasteiger partial charge in [-0.3, -0.25) is 14.9 Å². The number of hydrogen-bond acceptors (Lipinski definition) is 6. The Bertz CT molecular complexity index is 681. The van der Waals surface area contributed by atoms with E-state index in [0.717, 1.165) is 38.5 Å². The zero-order valence-electron chi connectivity index (χ0n) is 15.2. The number of rotatable bonds is 5. The number of ether oxygens (including phenoxy) is 1. The number of methoxy groups -OCH3 is 1. The van der Waals surface area contributed by atoms with Crippen LogP contribution in [0.3, 0.4) is 0 Å². The normalized spacial score (nSPS) is 20.5. The molecule has 0 spiro atoms. The van der Waals surface area contributed by atoms with Gasteiger partial charge in [-0.1, -0.05) is 6.92 Å². The Morgan fingerprint density at radius 3 is 2.58 bits per heavy atom. The third-order valence-corrected chi connectivity index (χ3v) is 4.69. The highest BCUT2D eigenvalue weighted by atomic mass is 16.5. The van der Waals surface area contributed by atoms with Gasteiger partial charge in [0.25, 0.3) is 5.91 Å². The Balaban J connectivity index is 1.54. The Hall–Kier alpha value is -2.61. The van der Waals surface area contributed by atoms with E-state index in [9.17, 15) is 9.59 Å². The fourth-order valence-electron chi connectivity index (χ4n) is 3.07. The van der Waals surface area contributed by atoms with Crippen LogP contribution in [-0.4, -0.2) is 73.4 Å². The van der Waals surface area contributed by atoms with Crippen molar-refractivity contribution in [1.82, 2.24) is 15.1 Å². The molecule has 8 heteroatoms. The van der Waals surface area contributed by atoms with Gasteiger partial charge >= 0.3 is 0 Å². The highest BCUT2D eigenvalue weighted by Gasteiger charge is 2.32. The molecule has 1 aromatic carbocycles. The first-order valence-corrected chi connectivity index (χ1v) is 8.89. The fraction of sp³-hybridized carbons (Fsp3) is 0.500. The van der Waals surface area contributed by atoms with Crippen LogP contribution in [0.5, 0.6) is 5.75 Å². The smallest absolute Gasteiger partial charge is 0.252 e. The Morgan fingerprint density at radius 1 is 1.27 bits per heavy atom. The molecule has 0 saturated carbocycles. The summed E-state index contributed by atoms with van der Waals surface area (Å²) in [5.41, 5.74) is 0.661. The first-order chi connectivity index (χ1) is 12.6. The second-order valence-electron chi connectivity index (χ2n) is 6.36. The fourth-order valence-corrected chi connectivity index (χ4v) is 3.07. The zero-order valence-corrected chi connectivity index (χ0v) is 15.2. The van der Waals surface area contributed by atoms with Crippen LogP contribution in [0.15, 0.2) is 29.3 Å². The maximum absolute atomic E-state index is 12.2. The van der Waals surface area contributed by atoms with E-state index in [4.69, 9.17) is 4.74 Å². The second kappa shape index (κ2) is 8.18. The van der Waals surface area contributed by atoms with Crippen molar-refractivity contribution in [2.24, 2.45) is 4.99 Å². The van der Waals surface area contributed by atoms with Gasteiger partial charge in [0.1, 0.15) is 11.8 Å². The van der Waals surface area contributed by atoms with E-state index in [2.05, 4.69) is 32.3 Å². The Morgan fingerprint density at radius 2 is 1.96 bits per heavy atom. The van der Waals surface area contributed by atoms with Crippen molar-refractivity contribution in [1.29, 1.82) is 0 Å². The predicted octanol–water partition coefficient (Wildman–Crippen LogP) is 0.516. The van der Waals surface area contributed by atoms with Gasteiger partial charge in [0.05, 0.1) is 13.5 Å². The summed E-state index contributed by atoms with van der Waals surface area (Å²) in [5.74, 6) is 0.850. The third-order valence-electron chi connectivity index (χ3n) is 4.69. The monoisotopic (exact) mass is 359 g/mol. The van der Waals surface area contributed by atoms with Crippen LogP contribution < -0.4 is 15.4 Å². The van der Waals surface area contributed by atoms with Crippen LogP contribution >= 0.6 is 0 Å². The number of nitrogens with one attached hydrogen (secondary N) is 2. The van der Waals surface area contributed by atoms with Gasteiger partial charge in [0.15, 0.2) is 0 Å². The average molecular weight is 359 g/mol. The number of piperazine rings is 1. The van der Waals surface area contributed by atoms with E-state index in [1.165, 1.54) is 0 Å². The molecule has 1 aromatic rings. The molecule has 0 aliphatic carbocycles. The molecule has 26 heavy (non-hydrogen) atoms. The van der Waals surface area contributed by atoms with Gasteiger partial charge in [0, 0.05) is 31.9 Å². The predicted molar refractivity (Wildman–Crippen MR) is 99.3 cm³/mol. The van der Waals surface area contributed by atoms with Crippen LogP contribution in [0, 0.1) is 0 Å². The van der Waals surface area contributed by atoms with E-state index in [1.54, 1.807) is 31.4 Å². The van der Waals surface area contributed by atoms with E-state index in [0.29, 0.717) is 11.6 Å². The molecule has 8 nitrogen and oxygen atoms in total. The minimum absolute atomic E-state index is 0.0241. The molecular formula is C18H25N5O3. The molecule has 2 N–H and O–H groups in total. The Kier molecular flexibility index (Phi) is 5.72. The maximum atomic E-state index is 12.2. The number of aliphatic imine (C=N–C) groups is 1. The van der Waals surface area contributed by atoms with Crippen molar-refractivity contribution in [2.45, 2.75) is 19.4 Å². The summed E-state index contributed by atoms with van der Waals surface area (Å²) < 4.78 is 5.09. The number of carbonyl (C=O) groups excluding carboxylic acids is 2. The lowest BCUT2D eigenvalue weighted by molar-refractivity contribution is -0.124. The van der Waals surface area contributed by atoms with E-state index < -0.39 is 6.04 Å². The number of likely N-dealkylation sites (N-methyl/N-ethyl adjacent to an activating group) is 1. The first kappa shape index (κ1) is 18.2. The quantitative estimate of drug-likeness (QED) is 0.800. The molecule has 2 aliphatic heterocycles. The number of nitrogens with zero attached hydrogens (tertiary/aromatic N) is 3. The summed E-state index contributed by atoms with van der Waals surface area (Å²) in [5, 5.41) is 5.60. The molecule has 1 fully saturated rings. The van der Waals surface area contributed by atoms with Crippen LogP contribution in [0.1, 0.15) is 13.3 Å². The molecule has 0 unspecified atom stereocenters. The molecular weight excluding hydrogens is 334 g/mol. The average Bonchev–Trinajstić information content (AvgIpc) is 3.02. The minimum Gasteiger partial charge on any atom is -0.497 e. The molecule has 2 aliphatic rings. The molecule has 0 aromatic heterocycles. The number of anilines is 1. The molecule has 0 bridgehead atoms. The summed E-state index contributed by atoms with van der Waals surface area (Å²) in [6.07, 6.45) is 0.0241. The summed E-state index contributed by atoms with van der Waals surface area (Å²) in [7, 11) is 1.59. The highest BCUT2D eigenvalue weighted by molar-refractivity contribution is 6.07. The van der Waals surface area contributed by atoms with Crippen LogP contribution in [0.2, 0.25) is 0 Å². The Labute approximate surface area is 153 Å². The van der Waals surface area contributed by atoms with Gasteiger partial charge in [-0.05, 0) is 30.8 Å². The van der Waals surface area contributed by atoms with E-state index in [1.807, 2.05) is 0 Å². The number of carbonyl (C=O) groups is 2. The molecule has 1 atom stereocenters. The lowest BCUT2D eigenvalue weighted by atomic mass is 10.2. The lowest BCUT2D eigenvalue weighted by Crippen LogP contribution is -2.51. The SMILES string of the molecule is CCN1CCN(C2=N[C@@H](CC(=O)Nc3ccc(OC)cc3)C(=O)N2)CC1. The second-order valence-corrected chi connectivity index (χ2v) is 6.36. The van der Waals surface area contributed by atoms with Crippen molar-refractivity contribution in [3.8, 4) is 5.75 Å². The third kappa shape index (κ3) is 4.32. The van der Waals surface area contributed by atoms with Gasteiger partial charge in [0.2, 0.25) is 11.9 Å². The molecule has 3 rings (SSSR count). The van der Waals surface area contributed by atoms with Crippen molar-refractivity contribution >= 4 is 23.5 Å². The molecule has 0 radical (unpaired) electrons. The summed E-state index contributed by atoms with van der Waals surface area (Å²) >= 11 is 0. The maximum Gasteiger partial charge on any atom is 0.252 e. The molecule has 2 amide bonds. The standard InChI is InChI=1S/C18H25N5O3/c1-3-22-8-10-23(11-9-22)18-20-15(17(25)21-18)12-16(24)19-13-4-6-14(26-2)7-5-13/h4-7,15H,3,8-12H2,1-2H3,(H,19,24)(H,20,21,25)/t15-/m0/s1. The van der Waals surface area contributed by atoms with E-state index in [-0.39, 0.29) is 18.2 Å². The van der Waals surface area contributed by atoms with Gasteiger partial charge in [-0.15, -0.1) is 0 Å². The number of amides is 2. The summed E-state index contributed by atoms with van der Waals surface area (Å²) in [4.78, 5) is 33.2. The van der Waals surface area contributed by atoms with E-state index >= 15 is 0 Å². The molecule has 1 saturated heterocycles. The lowest BCUT2D eigenvalue weighted by Gasteiger charge is -2.34. The van der Waals surface area contributed by atoms with Gasteiger partial charge < -0.3 is 19.9 Å². The number of benzene rings is 1. The van der Waals surface area contributed by atoms with Crippen LogP contribution in [0.4, 0.5) is 5.69 Å².